The SMILES string of the molecule is Cc1cc(C(C#N)NC2CCCCC2)ccc1F. The second kappa shape index (κ2) is 5.97. The number of benzene rings is 1. The Balaban J connectivity index is 2.07. The minimum atomic E-state index is -0.326. The lowest BCUT2D eigenvalue weighted by Gasteiger charge is -2.25. The van der Waals surface area contributed by atoms with Gasteiger partial charge in [0, 0.05) is 6.04 Å². The molecule has 0 aromatic heterocycles. The fourth-order valence-corrected chi connectivity index (χ4v) is 2.56. The van der Waals surface area contributed by atoms with Gasteiger partial charge in [0.2, 0.25) is 0 Å². The molecule has 0 radical (unpaired) electrons. The molecule has 1 unspecified atom stereocenters. The predicted molar refractivity (Wildman–Crippen MR) is 69.5 cm³/mol. The van der Waals surface area contributed by atoms with Crippen molar-refractivity contribution in [2.45, 2.75) is 51.1 Å². The molecule has 0 aliphatic heterocycles. The third-order valence-corrected chi connectivity index (χ3v) is 3.65. The highest BCUT2D eigenvalue weighted by Gasteiger charge is 2.19. The molecule has 2 nitrogen and oxygen atoms in total. The zero-order chi connectivity index (χ0) is 13.0. The molecule has 0 amide bonds. The van der Waals surface area contributed by atoms with Gasteiger partial charge in [0.05, 0.1) is 6.07 Å². The van der Waals surface area contributed by atoms with Crippen LogP contribution in [0.2, 0.25) is 0 Å². The summed E-state index contributed by atoms with van der Waals surface area (Å²) in [6, 6.07) is 7.28. The topological polar surface area (TPSA) is 35.8 Å². The number of nitriles is 1. The van der Waals surface area contributed by atoms with Crippen LogP contribution < -0.4 is 5.32 Å². The summed E-state index contributed by atoms with van der Waals surface area (Å²) in [4.78, 5) is 0. The van der Waals surface area contributed by atoms with Crippen molar-refractivity contribution in [3.63, 3.8) is 0 Å². The number of hydrogen-bond acceptors (Lipinski definition) is 2. The molecule has 18 heavy (non-hydrogen) atoms. The van der Waals surface area contributed by atoms with Gasteiger partial charge in [-0.15, -0.1) is 0 Å². The maximum absolute atomic E-state index is 13.2. The lowest BCUT2D eigenvalue weighted by molar-refractivity contribution is 0.359. The van der Waals surface area contributed by atoms with Gasteiger partial charge >= 0.3 is 0 Å². The van der Waals surface area contributed by atoms with Crippen molar-refractivity contribution in [2.24, 2.45) is 0 Å². The average molecular weight is 246 g/mol. The van der Waals surface area contributed by atoms with Crippen LogP contribution in [-0.2, 0) is 0 Å². The van der Waals surface area contributed by atoms with Gasteiger partial charge in [0.1, 0.15) is 11.9 Å². The van der Waals surface area contributed by atoms with E-state index < -0.39 is 0 Å². The van der Waals surface area contributed by atoms with E-state index >= 15 is 0 Å². The maximum atomic E-state index is 13.2. The zero-order valence-corrected chi connectivity index (χ0v) is 10.7. The molecule has 96 valence electrons. The van der Waals surface area contributed by atoms with Gasteiger partial charge in [-0.1, -0.05) is 31.4 Å². The number of rotatable bonds is 3. The molecule has 0 saturated heterocycles. The summed E-state index contributed by atoms with van der Waals surface area (Å²) in [5.74, 6) is -0.215. The van der Waals surface area contributed by atoms with Crippen molar-refractivity contribution in [2.75, 3.05) is 0 Å². The van der Waals surface area contributed by atoms with E-state index in [1.165, 1.54) is 25.3 Å². The highest BCUT2D eigenvalue weighted by atomic mass is 19.1. The number of nitrogens with one attached hydrogen (secondary N) is 1. The molecule has 0 heterocycles. The van der Waals surface area contributed by atoms with Crippen molar-refractivity contribution < 1.29 is 4.39 Å². The summed E-state index contributed by atoms with van der Waals surface area (Å²) in [6.07, 6.45) is 6.04. The van der Waals surface area contributed by atoms with E-state index in [-0.39, 0.29) is 11.9 Å². The number of halogens is 1. The van der Waals surface area contributed by atoms with Gasteiger partial charge in [-0.3, -0.25) is 5.32 Å². The lowest BCUT2D eigenvalue weighted by atomic mass is 9.94. The summed E-state index contributed by atoms with van der Waals surface area (Å²) in [5, 5.41) is 12.6. The van der Waals surface area contributed by atoms with Crippen LogP contribution in [0.3, 0.4) is 0 Å². The van der Waals surface area contributed by atoms with Crippen LogP contribution in [-0.4, -0.2) is 6.04 Å². The Bertz CT molecular complexity index is 444. The van der Waals surface area contributed by atoms with E-state index in [0.717, 1.165) is 18.4 Å². The van der Waals surface area contributed by atoms with Gasteiger partial charge in [0.25, 0.3) is 0 Å². The minimum absolute atomic E-state index is 0.215. The highest BCUT2D eigenvalue weighted by molar-refractivity contribution is 5.29. The number of hydrogen-bond donors (Lipinski definition) is 1. The molecule has 1 N–H and O–H groups in total. The summed E-state index contributed by atoms with van der Waals surface area (Å²) in [5.41, 5.74) is 1.46. The Kier molecular flexibility index (Phi) is 4.33. The molecule has 1 saturated carbocycles. The Morgan fingerprint density at radius 1 is 1.33 bits per heavy atom. The quantitative estimate of drug-likeness (QED) is 0.884. The highest BCUT2D eigenvalue weighted by Crippen LogP contribution is 2.22. The summed E-state index contributed by atoms with van der Waals surface area (Å²) in [7, 11) is 0. The first kappa shape index (κ1) is 13.0. The molecule has 2 rings (SSSR count). The molecule has 1 aromatic carbocycles. The van der Waals surface area contributed by atoms with Crippen molar-refractivity contribution in [3.8, 4) is 6.07 Å². The third kappa shape index (κ3) is 3.08. The van der Waals surface area contributed by atoms with Crippen LogP contribution in [0.4, 0.5) is 4.39 Å². The smallest absolute Gasteiger partial charge is 0.126 e. The van der Waals surface area contributed by atoms with E-state index in [1.807, 2.05) is 0 Å². The van der Waals surface area contributed by atoms with E-state index in [9.17, 15) is 9.65 Å². The molecular formula is C15H19FN2. The van der Waals surface area contributed by atoms with Gasteiger partial charge in [-0.25, -0.2) is 4.39 Å². The van der Waals surface area contributed by atoms with E-state index in [4.69, 9.17) is 0 Å². The Hall–Kier alpha value is -1.40. The second-order valence-corrected chi connectivity index (χ2v) is 5.07. The number of aryl methyl sites for hydroxylation is 1. The summed E-state index contributed by atoms with van der Waals surface area (Å²) >= 11 is 0. The number of nitrogens with zero attached hydrogens (tertiary/aromatic N) is 1. The van der Waals surface area contributed by atoms with Crippen LogP contribution >= 0.6 is 0 Å². The lowest BCUT2D eigenvalue weighted by Crippen LogP contribution is -2.33. The fourth-order valence-electron chi connectivity index (χ4n) is 2.56. The van der Waals surface area contributed by atoms with E-state index in [0.29, 0.717) is 11.6 Å². The van der Waals surface area contributed by atoms with Crippen LogP contribution in [0.15, 0.2) is 18.2 Å². The second-order valence-electron chi connectivity index (χ2n) is 5.07. The first-order valence-corrected chi connectivity index (χ1v) is 6.62. The molecule has 3 heteroatoms. The standard InChI is InChI=1S/C15H19FN2/c1-11-9-12(7-8-14(11)16)15(10-17)18-13-5-3-2-4-6-13/h7-9,13,15,18H,2-6H2,1H3. The molecule has 0 spiro atoms. The summed E-state index contributed by atoms with van der Waals surface area (Å²) in [6.45, 7) is 1.73. The van der Waals surface area contributed by atoms with Crippen LogP contribution in [0.25, 0.3) is 0 Å². The Morgan fingerprint density at radius 2 is 2.06 bits per heavy atom. The van der Waals surface area contributed by atoms with Crippen molar-refractivity contribution in [1.29, 1.82) is 5.26 Å². The summed E-state index contributed by atoms with van der Waals surface area (Å²) < 4.78 is 13.2. The molecule has 1 aliphatic rings. The largest absolute Gasteiger partial charge is 0.295 e. The van der Waals surface area contributed by atoms with E-state index in [1.54, 1.807) is 19.1 Å². The van der Waals surface area contributed by atoms with Gasteiger partial charge in [-0.2, -0.15) is 5.26 Å². The molecule has 0 bridgehead atoms. The fraction of sp³-hybridized carbons (Fsp3) is 0.533. The monoisotopic (exact) mass is 246 g/mol. The third-order valence-electron chi connectivity index (χ3n) is 3.65. The molecule has 1 aromatic rings. The first-order valence-electron chi connectivity index (χ1n) is 6.62. The van der Waals surface area contributed by atoms with Crippen LogP contribution in [0.1, 0.15) is 49.3 Å². The molecule has 1 aliphatic carbocycles. The molecular weight excluding hydrogens is 227 g/mol. The van der Waals surface area contributed by atoms with E-state index in [2.05, 4.69) is 11.4 Å². The molecule has 1 atom stereocenters. The van der Waals surface area contributed by atoms with Crippen LogP contribution in [0, 0.1) is 24.1 Å². The van der Waals surface area contributed by atoms with Gasteiger partial charge < -0.3 is 0 Å². The Labute approximate surface area is 108 Å². The molecule has 1 fully saturated rings. The zero-order valence-electron chi connectivity index (χ0n) is 10.7. The van der Waals surface area contributed by atoms with Crippen molar-refractivity contribution in [3.05, 3.63) is 35.1 Å². The Morgan fingerprint density at radius 3 is 2.67 bits per heavy atom. The first-order chi connectivity index (χ1) is 8.70. The maximum Gasteiger partial charge on any atom is 0.126 e. The van der Waals surface area contributed by atoms with Crippen molar-refractivity contribution >= 4 is 0 Å². The average Bonchev–Trinajstić information content (AvgIpc) is 2.40. The van der Waals surface area contributed by atoms with Crippen LogP contribution in [0.5, 0.6) is 0 Å². The normalized spacial score (nSPS) is 18.3. The van der Waals surface area contributed by atoms with Gasteiger partial charge in [0.15, 0.2) is 0 Å². The van der Waals surface area contributed by atoms with Gasteiger partial charge in [-0.05, 0) is 37.0 Å². The predicted octanol–water partition coefficient (Wildman–Crippen LogP) is 3.62. The minimum Gasteiger partial charge on any atom is -0.295 e. The van der Waals surface area contributed by atoms with Crippen molar-refractivity contribution in [1.82, 2.24) is 5.32 Å².